The molecule has 1 aromatic carbocycles. The van der Waals surface area contributed by atoms with E-state index >= 15 is 0 Å². The summed E-state index contributed by atoms with van der Waals surface area (Å²) in [5.41, 5.74) is 0.293. The van der Waals surface area contributed by atoms with Crippen molar-refractivity contribution in [3.05, 3.63) is 29.8 Å². The fourth-order valence-electron chi connectivity index (χ4n) is 0.832. The van der Waals surface area contributed by atoms with Crippen LogP contribution in [-0.4, -0.2) is 11.9 Å². The van der Waals surface area contributed by atoms with Gasteiger partial charge in [-0.15, -0.1) is 12.6 Å². The zero-order valence-electron chi connectivity index (χ0n) is 6.98. The highest BCUT2D eigenvalue weighted by molar-refractivity contribution is 7.80. The van der Waals surface area contributed by atoms with Crippen molar-refractivity contribution in [3.8, 4) is 0 Å². The molecular weight excluding hydrogens is 188 g/mol. The quantitative estimate of drug-likeness (QED) is 0.422. The molecule has 3 nitrogen and oxygen atoms in total. The van der Waals surface area contributed by atoms with E-state index in [-0.39, 0.29) is 0 Å². The lowest BCUT2D eigenvalue weighted by Crippen LogP contribution is -2.09. The number of hydrogen-bond donors (Lipinski definition) is 1. The highest BCUT2D eigenvalue weighted by Gasteiger charge is 2.11. The summed E-state index contributed by atoms with van der Waals surface area (Å²) in [4.78, 5) is 22.1. The summed E-state index contributed by atoms with van der Waals surface area (Å²) in [7, 11) is 0. The molecule has 1 rings (SSSR count). The molecule has 0 atom stereocenters. The Morgan fingerprint density at radius 2 is 1.92 bits per heavy atom. The number of ether oxygens (including phenoxy) is 1. The molecule has 0 radical (unpaired) electrons. The first-order valence-electron chi connectivity index (χ1n) is 3.62. The van der Waals surface area contributed by atoms with Crippen LogP contribution in [0.25, 0.3) is 0 Å². The summed E-state index contributed by atoms with van der Waals surface area (Å²) >= 11 is 4.05. The van der Waals surface area contributed by atoms with Crippen molar-refractivity contribution in [2.75, 3.05) is 0 Å². The summed E-state index contributed by atoms with van der Waals surface area (Å²) in [5, 5.41) is 0. The van der Waals surface area contributed by atoms with Crippen molar-refractivity contribution < 1.29 is 14.3 Å². The fourth-order valence-corrected chi connectivity index (χ4v) is 1.08. The van der Waals surface area contributed by atoms with Crippen molar-refractivity contribution in [3.63, 3.8) is 0 Å². The molecule has 68 valence electrons. The molecule has 0 aliphatic heterocycles. The predicted molar refractivity (Wildman–Crippen MR) is 49.8 cm³/mol. The minimum atomic E-state index is -0.668. The van der Waals surface area contributed by atoms with Crippen LogP contribution < -0.4 is 0 Å². The van der Waals surface area contributed by atoms with E-state index in [0.717, 1.165) is 0 Å². The van der Waals surface area contributed by atoms with Crippen molar-refractivity contribution in [2.45, 2.75) is 11.8 Å². The van der Waals surface area contributed by atoms with Gasteiger partial charge in [0.1, 0.15) is 0 Å². The average molecular weight is 196 g/mol. The highest BCUT2D eigenvalue weighted by Crippen LogP contribution is 2.13. The van der Waals surface area contributed by atoms with Gasteiger partial charge in [-0.3, -0.25) is 4.79 Å². The monoisotopic (exact) mass is 196 g/mol. The Balaban J connectivity index is 2.89. The van der Waals surface area contributed by atoms with Crippen molar-refractivity contribution in [1.82, 2.24) is 0 Å². The SMILES string of the molecule is CC(=O)OC(=O)c1ccccc1S. The maximum atomic E-state index is 11.2. The van der Waals surface area contributed by atoms with E-state index in [0.29, 0.717) is 10.5 Å². The first-order valence-corrected chi connectivity index (χ1v) is 4.06. The zero-order valence-corrected chi connectivity index (χ0v) is 7.88. The van der Waals surface area contributed by atoms with Gasteiger partial charge in [-0.25, -0.2) is 4.79 Å². The van der Waals surface area contributed by atoms with E-state index in [4.69, 9.17) is 0 Å². The van der Waals surface area contributed by atoms with E-state index in [1.807, 2.05) is 0 Å². The predicted octanol–water partition coefficient (Wildman–Crippen LogP) is 1.68. The first-order chi connectivity index (χ1) is 6.11. The molecule has 0 spiro atoms. The molecule has 1 aromatic rings. The standard InChI is InChI=1S/C9H8O3S/c1-6(10)12-9(11)7-4-2-3-5-8(7)13/h2-5,13H,1H3. The largest absolute Gasteiger partial charge is 0.390 e. The van der Waals surface area contributed by atoms with Crippen LogP contribution in [0.1, 0.15) is 17.3 Å². The number of carbonyl (C=O) groups excluding carboxylic acids is 2. The number of hydrogen-bond acceptors (Lipinski definition) is 4. The number of carbonyl (C=O) groups is 2. The smallest absolute Gasteiger partial charge is 0.346 e. The first kappa shape index (κ1) is 9.80. The minimum Gasteiger partial charge on any atom is -0.390 e. The van der Waals surface area contributed by atoms with Gasteiger partial charge in [0.05, 0.1) is 5.56 Å². The van der Waals surface area contributed by atoms with Gasteiger partial charge in [0.25, 0.3) is 0 Å². The summed E-state index contributed by atoms with van der Waals surface area (Å²) in [6.45, 7) is 1.18. The number of thiol groups is 1. The Hall–Kier alpha value is -1.29. The summed E-state index contributed by atoms with van der Waals surface area (Å²) < 4.78 is 4.39. The van der Waals surface area contributed by atoms with E-state index in [1.165, 1.54) is 6.92 Å². The molecule has 0 heterocycles. The third-order valence-corrected chi connectivity index (χ3v) is 1.75. The van der Waals surface area contributed by atoms with Gasteiger partial charge in [-0.05, 0) is 12.1 Å². The van der Waals surface area contributed by atoms with Crippen LogP contribution in [0, 0.1) is 0 Å². The maximum Gasteiger partial charge on any atom is 0.346 e. The van der Waals surface area contributed by atoms with Crippen LogP contribution in [0.3, 0.4) is 0 Å². The molecule has 0 amide bonds. The molecular formula is C9H8O3S. The van der Waals surface area contributed by atoms with Gasteiger partial charge >= 0.3 is 11.9 Å². The summed E-state index contributed by atoms with van der Waals surface area (Å²) in [6, 6.07) is 6.62. The lowest BCUT2D eigenvalue weighted by atomic mass is 10.2. The molecule has 0 fully saturated rings. The number of rotatable bonds is 1. The number of benzene rings is 1. The van der Waals surface area contributed by atoms with Crippen LogP contribution in [-0.2, 0) is 9.53 Å². The lowest BCUT2D eigenvalue weighted by molar-refractivity contribution is -0.135. The Morgan fingerprint density at radius 3 is 2.46 bits per heavy atom. The fraction of sp³-hybridized carbons (Fsp3) is 0.111. The molecule has 0 unspecified atom stereocenters. The van der Waals surface area contributed by atoms with Gasteiger partial charge in [0, 0.05) is 11.8 Å². The van der Waals surface area contributed by atoms with Crippen LogP contribution in [0.15, 0.2) is 29.2 Å². The summed E-state index contributed by atoms with van der Waals surface area (Å²) in [5.74, 6) is -1.29. The van der Waals surface area contributed by atoms with Crippen LogP contribution in [0.4, 0.5) is 0 Å². The van der Waals surface area contributed by atoms with Gasteiger partial charge < -0.3 is 4.74 Å². The van der Waals surface area contributed by atoms with Crippen LogP contribution in [0.2, 0.25) is 0 Å². The molecule has 0 saturated heterocycles. The van der Waals surface area contributed by atoms with E-state index < -0.39 is 11.9 Å². The van der Waals surface area contributed by atoms with Crippen LogP contribution in [0.5, 0.6) is 0 Å². The third kappa shape index (κ3) is 2.59. The molecule has 0 aliphatic carbocycles. The zero-order chi connectivity index (χ0) is 9.84. The Morgan fingerprint density at radius 1 is 1.31 bits per heavy atom. The van der Waals surface area contributed by atoms with E-state index in [9.17, 15) is 9.59 Å². The Labute approximate surface area is 81.1 Å². The molecule has 0 saturated carbocycles. The average Bonchev–Trinajstić information content (AvgIpc) is 2.03. The number of esters is 2. The Kier molecular flexibility index (Phi) is 3.08. The van der Waals surface area contributed by atoms with Crippen molar-refractivity contribution in [2.24, 2.45) is 0 Å². The van der Waals surface area contributed by atoms with Gasteiger partial charge in [0.15, 0.2) is 0 Å². The maximum absolute atomic E-state index is 11.2. The molecule has 0 bridgehead atoms. The second kappa shape index (κ2) is 4.09. The topological polar surface area (TPSA) is 43.4 Å². The summed E-state index contributed by atoms with van der Waals surface area (Å²) in [6.07, 6.45) is 0. The van der Waals surface area contributed by atoms with Gasteiger partial charge in [0.2, 0.25) is 0 Å². The molecule has 0 aromatic heterocycles. The molecule has 0 aliphatic rings. The second-order valence-corrected chi connectivity index (χ2v) is 2.88. The van der Waals surface area contributed by atoms with E-state index in [2.05, 4.69) is 17.4 Å². The third-order valence-electron chi connectivity index (χ3n) is 1.36. The second-order valence-electron chi connectivity index (χ2n) is 2.40. The van der Waals surface area contributed by atoms with Gasteiger partial charge in [-0.1, -0.05) is 12.1 Å². The molecule has 4 heteroatoms. The highest BCUT2D eigenvalue weighted by atomic mass is 32.1. The van der Waals surface area contributed by atoms with Crippen molar-refractivity contribution in [1.29, 1.82) is 0 Å². The van der Waals surface area contributed by atoms with E-state index in [1.54, 1.807) is 24.3 Å². The van der Waals surface area contributed by atoms with Gasteiger partial charge in [-0.2, -0.15) is 0 Å². The minimum absolute atomic E-state index is 0.293. The van der Waals surface area contributed by atoms with Crippen LogP contribution >= 0.6 is 12.6 Å². The molecule has 0 N–H and O–H groups in total. The molecule has 13 heavy (non-hydrogen) atoms. The lowest BCUT2D eigenvalue weighted by Gasteiger charge is -2.01. The normalized spacial score (nSPS) is 9.38. The Bertz CT molecular complexity index is 346. The van der Waals surface area contributed by atoms with Crippen molar-refractivity contribution >= 4 is 24.6 Å².